The Labute approximate surface area is 153 Å². The van der Waals surface area contributed by atoms with Crippen LogP contribution in [0.4, 0.5) is 23.2 Å². The smallest absolute Gasteiger partial charge is 0.406 e. The molecule has 0 unspecified atom stereocenters. The lowest BCUT2D eigenvalue weighted by Crippen LogP contribution is -2.34. The van der Waals surface area contributed by atoms with Gasteiger partial charge in [-0.3, -0.25) is 9.69 Å². The first-order valence-corrected chi connectivity index (χ1v) is 8.43. The molecule has 1 amide bonds. The molecule has 0 aliphatic heterocycles. The van der Waals surface area contributed by atoms with Gasteiger partial charge in [-0.25, -0.2) is 4.39 Å². The minimum absolute atomic E-state index is 0.142. The molecule has 0 aromatic heterocycles. The number of hydrogen-bond acceptors (Lipinski definition) is 3. The number of benzene rings is 2. The summed E-state index contributed by atoms with van der Waals surface area (Å²) in [6, 6.07) is 11.4. The molecular weight excluding hydrogens is 364 g/mol. The fraction of sp³-hybridized carbons (Fsp3) is 0.316. The van der Waals surface area contributed by atoms with E-state index in [9.17, 15) is 22.4 Å². The lowest BCUT2D eigenvalue weighted by molar-refractivity contribution is -0.274. The Morgan fingerprint density at radius 2 is 1.70 bits per heavy atom. The summed E-state index contributed by atoms with van der Waals surface area (Å²) >= 11 is 0. The van der Waals surface area contributed by atoms with E-state index in [0.717, 1.165) is 30.5 Å². The molecule has 0 spiro atoms. The Morgan fingerprint density at radius 1 is 1.07 bits per heavy atom. The first kappa shape index (κ1) is 19.2. The second-order valence-corrected chi connectivity index (χ2v) is 6.38. The SMILES string of the molecule is O=C(CN(Cc1ccc(F)cc1)C1CC1)Nc1ccc(OC(F)(F)F)cc1. The number of carbonyl (C=O) groups excluding carboxylic acids is 1. The van der Waals surface area contributed by atoms with Crippen LogP contribution in [0.3, 0.4) is 0 Å². The number of amides is 1. The molecule has 2 aromatic carbocycles. The third kappa shape index (κ3) is 6.25. The molecule has 1 N–H and O–H groups in total. The van der Waals surface area contributed by atoms with Gasteiger partial charge in [0.2, 0.25) is 5.91 Å². The van der Waals surface area contributed by atoms with Gasteiger partial charge in [-0.05, 0) is 54.8 Å². The van der Waals surface area contributed by atoms with Crippen LogP contribution in [0.5, 0.6) is 5.75 Å². The molecule has 4 nitrogen and oxygen atoms in total. The van der Waals surface area contributed by atoms with Crippen molar-refractivity contribution in [2.75, 3.05) is 11.9 Å². The minimum Gasteiger partial charge on any atom is -0.406 e. The van der Waals surface area contributed by atoms with E-state index in [2.05, 4.69) is 10.1 Å². The quantitative estimate of drug-likeness (QED) is 0.725. The summed E-state index contributed by atoms with van der Waals surface area (Å²) in [5.41, 5.74) is 1.29. The summed E-state index contributed by atoms with van der Waals surface area (Å²) in [4.78, 5) is 14.3. The highest BCUT2D eigenvalue weighted by atomic mass is 19.4. The van der Waals surface area contributed by atoms with Crippen molar-refractivity contribution in [2.45, 2.75) is 31.8 Å². The van der Waals surface area contributed by atoms with Crippen molar-refractivity contribution in [1.29, 1.82) is 0 Å². The number of ether oxygens (including phenoxy) is 1. The van der Waals surface area contributed by atoms with E-state index in [0.29, 0.717) is 18.3 Å². The van der Waals surface area contributed by atoms with E-state index < -0.39 is 6.36 Å². The monoisotopic (exact) mass is 382 g/mol. The highest BCUT2D eigenvalue weighted by Gasteiger charge is 2.31. The molecule has 27 heavy (non-hydrogen) atoms. The summed E-state index contributed by atoms with van der Waals surface area (Å²) in [6.45, 7) is 0.666. The minimum atomic E-state index is -4.75. The largest absolute Gasteiger partial charge is 0.573 e. The van der Waals surface area contributed by atoms with Crippen LogP contribution in [0.15, 0.2) is 48.5 Å². The van der Waals surface area contributed by atoms with E-state index in [1.54, 1.807) is 12.1 Å². The summed E-state index contributed by atoms with van der Waals surface area (Å²) in [7, 11) is 0. The number of nitrogens with zero attached hydrogens (tertiary/aromatic N) is 1. The van der Waals surface area contributed by atoms with Crippen molar-refractivity contribution in [3.8, 4) is 5.75 Å². The predicted molar refractivity (Wildman–Crippen MR) is 91.6 cm³/mol. The van der Waals surface area contributed by atoms with E-state index in [1.807, 2.05) is 4.90 Å². The maximum atomic E-state index is 13.0. The summed E-state index contributed by atoms with van der Waals surface area (Å²) in [5.74, 6) is -0.933. The average molecular weight is 382 g/mol. The third-order valence-corrected chi connectivity index (χ3v) is 4.08. The van der Waals surface area contributed by atoms with Crippen LogP contribution in [0.2, 0.25) is 0 Å². The van der Waals surface area contributed by atoms with Gasteiger partial charge in [0.1, 0.15) is 11.6 Å². The van der Waals surface area contributed by atoms with E-state index in [1.165, 1.54) is 24.3 Å². The maximum Gasteiger partial charge on any atom is 0.573 e. The topological polar surface area (TPSA) is 41.6 Å². The van der Waals surface area contributed by atoms with E-state index >= 15 is 0 Å². The average Bonchev–Trinajstić information content (AvgIpc) is 3.42. The van der Waals surface area contributed by atoms with Crippen LogP contribution in [0.25, 0.3) is 0 Å². The zero-order chi connectivity index (χ0) is 19.4. The van der Waals surface area contributed by atoms with Crippen molar-refractivity contribution < 1.29 is 27.1 Å². The second kappa shape index (κ2) is 7.96. The van der Waals surface area contributed by atoms with Crippen LogP contribution in [0, 0.1) is 5.82 Å². The van der Waals surface area contributed by atoms with Crippen LogP contribution < -0.4 is 10.1 Å². The predicted octanol–water partition coefficient (Wildman–Crippen LogP) is 4.33. The number of halogens is 4. The maximum absolute atomic E-state index is 13.0. The highest BCUT2D eigenvalue weighted by molar-refractivity contribution is 5.92. The van der Waals surface area contributed by atoms with Crippen molar-refractivity contribution >= 4 is 11.6 Å². The Morgan fingerprint density at radius 3 is 2.26 bits per heavy atom. The molecule has 0 atom stereocenters. The lowest BCUT2D eigenvalue weighted by Gasteiger charge is -2.21. The van der Waals surface area contributed by atoms with Gasteiger partial charge in [-0.2, -0.15) is 0 Å². The van der Waals surface area contributed by atoms with Crippen LogP contribution >= 0.6 is 0 Å². The number of alkyl halides is 3. The van der Waals surface area contributed by atoms with Gasteiger partial charge in [0.05, 0.1) is 6.54 Å². The van der Waals surface area contributed by atoms with Crippen LogP contribution in [0.1, 0.15) is 18.4 Å². The Bertz CT molecular complexity index is 772. The zero-order valence-corrected chi connectivity index (χ0v) is 14.3. The summed E-state index contributed by atoms with van der Waals surface area (Å²) < 4.78 is 53.3. The first-order chi connectivity index (χ1) is 12.8. The molecular formula is C19H18F4N2O2. The highest BCUT2D eigenvalue weighted by Crippen LogP contribution is 2.28. The van der Waals surface area contributed by atoms with Crippen molar-refractivity contribution in [1.82, 2.24) is 4.90 Å². The third-order valence-electron chi connectivity index (χ3n) is 4.08. The van der Waals surface area contributed by atoms with Gasteiger partial charge in [-0.1, -0.05) is 12.1 Å². The normalized spacial score (nSPS) is 14.3. The number of rotatable bonds is 7. The molecule has 1 aliphatic rings. The van der Waals surface area contributed by atoms with Crippen LogP contribution in [-0.2, 0) is 11.3 Å². The number of carbonyl (C=O) groups is 1. The fourth-order valence-corrected chi connectivity index (χ4v) is 2.70. The van der Waals surface area contributed by atoms with Gasteiger partial charge in [0.15, 0.2) is 0 Å². The number of anilines is 1. The van der Waals surface area contributed by atoms with Gasteiger partial charge in [0, 0.05) is 18.3 Å². The standard InChI is InChI=1S/C19H18F4N2O2/c20-14-3-1-13(2-4-14)11-25(16-7-8-16)12-18(26)24-15-5-9-17(10-6-15)27-19(21,22)23/h1-6,9-10,16H,7-8,11-12H2,(H,24,26). The van der Waals surface area contributed by atoms with Crippen molar-refractivity contribution in [2.24, 2.45) is 0 Å². The van der Waals surface area contributed by atoms with E-state index in [4.69, 9.17) is 0 Å². The molecule has 0 saturated heterocycles. The summed E-state index contributed by atoms with van der Waals surface area (Å²) in [6.07, 6.45) is -2.76. The van der Waals surface area contributed by atoms with Gasteiger partial charge in [-0.15, -0.1) is 13.2 Å². The number of hydrogen-bond donors (Lipinski definition) is 1. The Kier molecular flexibility index (Phi) is 5.65. The number of nitrogens with one attached hydrogen (secondary N) is 1. The van der Waals surface area contributed by atoms with Gasteiger partial charge >= 0.3 is 6.36 Å². The summed E-state index contributed by atoms with van der Waals surface area (Å²) in [5, 5.41) is 2.66. The molecule has 1 aliphatic carbocycles. The van der Waals surface area contributed by atoms with Crippen molar-refractivity contribution in [3.63, 3.8) is 0 Å². The van der Waals surface area contributed by atoms with Crippen molar-refractivity contribution in [3.05, 3.63) is 59.9 Å². The molecule has 8 heteroatoms. The Balaban J connectivity index is 1.55. The van der Waals surface area contributed by atoms with Crippen LogP contribution in [-0.4, -0.2) is 29.8 Å². The molecule has 0 radical (unpaired) electrons. The lowest BCUT2D eigenvalue weighted by atomic mass is 10.2. The van der Waals surface area contributed by atoms with Gasteiger partial charge < -0.3 is 10.1 Å². The Hall–Kier alpha value is -2.61. The van der Waals surface area contributed by atoms with E-state index in [-0.39, 0.29) is 24.0 Å². The molecule has 3 rings (SSSR count). The second-order valence-electron chi connectivity index (χ2n) is 6.38. The molecule has 1 fully saturated rings. The zero-order valence-electron chi connectivity index (χ0n) is 14.3. The molecule has 2 aromatic rings. The molecule has 0 bridgehead atoms. The molecule has 144 valence electrons. The fourth-order valence-electron chi connectivity index (χ4n) is 2.70. The molecule has 1 saturated carbocycles. The van der Waals surface area contributed by atoms with Gasteiger partial charge in [0.25, 0.3) is 0 Å². The molecule has 0 heterocycles. The first-order valence-electron chi connectivity index (χ1n) is 8.43.